The van der Waals surface area contributed by atoms with Crippen LogP contribution in [0.1, 0.15) is 0 Å². The molecular formula is C55H35N5. The molecule has 5 heteroatoms. The van der Waals surface area contributed by atoms with E-state index in [1.165, 1.54) is 0 Å². The minimum Gasteiger partial charge on any atom is -0.255 e. The molecule has 0 saturated heterocycles. The van der Waals surface area contributed by atoms with Gasteiger partial charge in [-0.1, -0.05) is 194 Å². The van der Waals surface area contributed by atoms with Crippen LogP contribution in [0, 0.1) is 0 Å². The molecule has 0 spiro atoms. The third kappa shape index (κ3) is 6.26. The Hall–Kier alpha value is -8.15. The minimum atomic E-state index is 0.618. The van der Waals surface area contributed by atoms with E-state index in [0.29, 0.717) is 11.6 Å². The molecule has 8 aromatic carbocycles. The summed E-state index contributed by atoms with van der Waals surface area (Å²) in [5, 5.41) is 4.22. The van der Waals surface area contributed by atoms with E-state index < -0.39 is 0 Å². The second kappa shape index (κ2) is 15.0. The van der Waals surface area contributed by atoms with Gasteiger partial charge in [0.1, 0.15) is 0 Å². The standard InChI is InChI=1S/C55H35N5/c1-5-18-37(19-6-1)46-35-47(38-20-7-2-8-21-38)58-54(57-46)41-30-32-42(33-31-41)55-59-52(44-28-15-26-36-17-13-14-27-43(36)44)50-51-45(29-16-34-56-51)48(39-22-9-3-10-23-39)49(53(50)60-55)40-24-11-4-12-25-40/h1-35H. The van der Waals surface area contributed by atoms with Crippen molar-refractivity contribution in [3.05, 3.63) is 212 Å². The van der Waals surface area contributed by atoms with Crippen LogP contribution < -0.4 is 0 Å². The molecule has 280 valence electrons. The van der Waals surface area contributed by atoms with E-state index in [4.69, 9.17) is 24.9 Å². The van der Waals surface area contributed by atoms with E-state index in [0.717, 1.165) is 99.7 Å². The maximum Gasteiger partial charge on any atom is 0.160 e. The fourth-order valence-corrected chi connectivity index (χ4v) is 8.33. The fourth-order valence-electron chi connectivity index (χ4n) is 8.33. The smallest absolute Gasteiger partial charge is 0.160 e. The Balaban J connectivity index is 1.18. The molecule has 60 heavy (non-hydrogen) atoms. The normalized spacial score (nSPS) is 11.3. The molecule has 0 bridgehead atoms. The predicted molar refractivity (Wildman–Crippen MR) is 246 cm³/mol. The van der Waals surface area contributed by atoms with Crippen molar-refractivity contribution in [3.8, 4) is 78.8 Å². The number of benzene rings is 8. The number of rotatable bonds is 7. The lowest BCUT2D eigenvalue weighted by molar-refractivity contribution is 1.18. The van der Waals surface area contributed by atoms with Crippen LogP contribution in [0.15, 0.2) is 212 Å². The Kier molecular flexibility index (Phi) is 8.75. The average Bonchev–Trinajstić information content (AvgIpc) is 3.34. The lowest BCUT2D eigenvalue weighted by atomic mass is 9.87. The second-order valence-electron chi connectivity index (χ2n) is 14.8. The zero-order chi connectivity index (χ0) is 39.8. The summed E-state index contributed by atoms with van der Waals surface area (Å²) in [5.74, 6) is 1.27. The molecule has 0 aliphatic heterocycles. The Bertz CT molecular complexity index is 3270. The Morgan fingerprint density at radius 2 is 0.817 bits per heavy atom. The summed E-state index contributed by atoms with van der Waals surface area (Å²) in [6, 6.07) is 71.2. The molecule has 3 aromatic heterocycles. The number of fused-ring (bicyclic) bond motifs is 4. The summed E-state index contributed by atoms with van der Waals surface area (Å²) >= 11 is 0. The van der Waals surface area contributed by atoms with Crippen molar-refractivity contribution in [2.24, 2.45) is 0 Å². The van der Waals surface area contributed by atoms with Crippen LogP contribution in [0.4, 0.5) is 0 Å². The SMILES string of the molecule is c1ccc(-c2cc(-c3ccccc3)nc(-c3ccc(-c4nc(-c5cccc6ccccc56)c5c(n4)c(-c4ccccc4)c(-c4ccccc4)c4cccnc45)cc3)n2)cc1. The van der Waals surface area contributed by atoms with Crippen molar-refractivity contribution in [2.75, 3.05) is 0 Å². The first kappa shape index (κ1) is 35.0. The average molecular weight is 766 g/mol. The highest BCUT2D eigenvalue weighted by Gasteiger charge is 2.24. The van der Waals surface area contributed by atoms with Gasteiger partial charge in [-0.15, -0.1) is 0 Å². The van der Waals surface area contributed by atoms with Gasteiger partial charge in [0.2, 0.25) is 0 Å². The quantitative estimate of drug-likeness (QED) is 0.151. The van der Waals surface area contributed by atoms with Crippen molar-refractivity contribution in [2.45, 2.75) is 0 Å². The van der Waals surface area contributed by atoms with Crippen LogP contribution in [-0.4, -0.2) is 24.9 Å². The molecule has 3 heterocycles. The molecule has 11 rings (SSSR count). The van der Waals surface area contributed by atoms with Crippen molar-refractivity contribution >= 4 is 32.6 Å². The Morgan fingerprint density at radius 3 is 1.43 bits per heavy atom. The van der Waals surface area contributed by atoms with Crippen LogP contribution >= 0.6 is 0 Å². The molecule has 5 nitrogen and oxygen atoms in total. The maximum absolute atomic E-state index is 5.55. The van der Waals surface area contributed by atoms with Gasteiger partial charge in [0.25, 0.3) is 0 Å². The molecule has 0 saturated carbocycles. The molecule has 0 amide bonds. The third-order valence-electron chi connectivity index (χ3n) is 11.1. The lowest BCUT2D eigenvalue weighted by Gasteiger charge is -2.20. The molecule has 0 aliphatic rings. The number of hydrogen-bond donors (Lipinski definition) is 0. The van der Waals surface area contributed by atoms with Crippen LogP contribution in [0.3, 0.4) is 0 Å². The highest BCUT2D eigenvalue weighted by molar-refractivity contribution is 6.23. The van der Waals surface area contributed by atoms with E-state index in [9.17, 15) is 0 Å². The van der Waals surface area contributed by atoms with Crippen molar-refractivity contribution < 1.29 is 0 Å². The van der Waals surface area contributed by atoms with Crippen molar-refractivity contribution in [1.29, 1.82) is 0 Å². The Morgan fingerprint density at radius 1 is 0.317 bits per heavy atom. The topological polar surface area (TPSA) is 64.5 Å². The number of hydrogen-bond acceptors (Lipinski definition) is 5. The van der Waals surface area contributed by atoms with E-state index in [1.54, 1.807) is 0 Å². The summed E-state index contributed by atoms with van der Waals surface area (Å²) in [4.78, 5) is 26.3. The summed E-state index contributed by atoms with van der Waals surface area (Å²) in [6.07, 6.45) is 1.87. The maximum atomic E-state index is 5.55. The van der Waals surface area contributed by atoms with Crippen LogP contribution in [0.25, 0.3) is 111 Å². The molecule has 11 aromatic rings. The fraction of sp³-hybridized carbons (Fsp3) is 0. The number of nitrogens with zero attached hydrogens (tertiary/aromatic N) is 5. The van der Waals surface area contributed by atoms with Gasteiger partial charge in [-0.05, 0) is 34.0 Å². The van der Waals surface area contributed by atoms with Gasteiger partial charge in [-0.2, -0.15) is 0 Å². The van der Waals surface area contributed by atoms with Crippen LogP contribution in [0.5, 0.6) is 0 Å². The Labute approximate surface area is 347 Å². The zero-order valence-corrected chi connectivity index (χ0v) is 32.4. The molecule has 0 radical (unpaired) electrons. The monoisotopic (exact) mass is 765 g/mol. The van der Waals surface area contributed by atoms with E-state index in [-0.39, 0.29) is 0 Å². The van der Waals surface area contributed by atoms with E-state index >= 15 is 0 Å². The summed E-state index contributed by atoms with van der Waals surface area (Å²) in [7, 11) is 0. The van der Waals surface area contributed by atoms with Gasteiger partial charge in [-0.25, -0.2) is 19.9 Å². The van der Waals surface area contributed by atoms with Crippen LogP contribution in [-0.2, 0) is 0 Å². The first-order chi connectivity index (χ1) is 29.8. The van der Waals surface area contributed by atoms with E-state index in [2.05, 4.69) is 164 Å². The van der Waals surface area contributed by atoms with Gasteiger partial charge in [0.05, 0.1) is 33.5 Å². The summed E-state index contributed by atoms with van der Waals surface area (Å²) in [6.45, 7) is 0. The highest BCUT2D eigenvalue weighted by atomic mass is 14.9. The molecule has 0 fully saturated rings. The molecule has 0 atom stereocenters. The largest absolute Gasteiger partial charge is 0.255 e. The van der Waals surface area contributed by atoms with Gasteiger partial charge >= 0.3 is 0 Å². The van der Waals surface area contributed by atoms with E-state index in [1.807, 2.05) is 48.7 Å². The van der Waals surface area contributed by atoms with Crippen LogP contribution in [0.2, 0.25) is 0 Å². The first-order valence-corrected chi connectivity index (χ1v) is 20.1. The van der Waals surface area contributed by atoms with Gasteiger partial charge in [-0.3, -0.25) is 4.98 Å². The second-order valence-corrected chi connectivity index (χ2v) is 14.8. The molecule has 0 unspecified atom stereocenters. The molecular weight excluding hydrogens is 731 g/mol. The lowest BCUT2D eigenvalue weighted by Crippen LogP contribution is -2.01. The van der Waals surface area contributed by atoms with Crippen molar-refractivity contribution in [1.82, 2.24) is 24.9 Å². The first-order valence-electron chi connectivity index (χ1n) is 20.1. The zero-order valence-electron chi connectivity index (χ0n) is 32.4. The highest BCUT2D eigenvalue weighted by Crippen LogP contribution is 2.47. The predicted octanol–water partition coefficient (Wildman–Crippen LogP) is 13.8. The minimum absolute atomic E-state index is 0.618. The molecule has 0 aliphatic carbocycles. The summed E-state index contributed by atoms with van der Waals surface area (Å²) in [5.41, 5.74) is 13.4. The third-order valence-corrected chi connectivity index (χ3v) is 11.1. The number of pyridine rings is 1. The van der Waals surface area contributed by atoms with Gasteiger partial charge < -0.3 is 0 Å². The van der Waals surface area contributed by atoms with Gasteiger partial charge in [0.15, 0.2) is 11.6 Å². The van der Waals surface area contributed by atoms with Crippen molar-refractivity contribution in [3.63, 3.8) is 0 Å². The number of aromatic nitrogens is 5. The molecule has 0 N–H and O–H groups in total. The summed E-state index contributed by atoms with van der Waals surface area (Å²) < 4.78 is 0. The van der Waals surface area contributed by atoms with Gasteiger partial charge in [0, 0.05) is 50.5 Å².